The van der Waals surface area contributed by atoms with Gasteiger partial charge in [0.1, 0.15) is 10.5 Å². The summed E-state index contributed by atoms with van der Waals surface area (Å²) in [5.74, 6) is 1.68. The summed E-state index contributed by atoms with van der Waals surface area (Å²) in [5, 5.41) is 10.6. The number of amides is 2. The number of piperazine rings is 1. The number of thiophene rings is 1. The van der Waals surface area contributed by atoms with E-state index < -0.39 is 0 Å². The Morgan fingerprint density at radius 3 is 2.58 bits per heavy atom. The number of ether oxygens (including phenoxy) is 1. The minimum absolute atomic E-state index is 0.0303. The topological polar surface area (TPSA) is 102 Å². The van der Waals surface area contributed by atoms with Gasteiger partial charge in [-0.05, 0) is 30.7 Å². The highest BCUT2D eigenvalue weighted by Crippen LogP contribution is 2.21. The van der Waals surface area contributed by atoms with Crippen LogP contribution in [0.25, 0.3) is 16.0 Å². The lowest BCUT2D eigenvalue weighted by Gasteiger charge is -2.34. The van der Waals surface area contributed by atoms with Crippen molar-refractivity contribution in [1.29, 1.82) is 0 Å². The summed E-state index contributed by atoms with van der Waals surface area (Å²) >= 11 is 1.43. The van der Waals surface area contributed by atoms with E-state index in [2.05, 4.69) is 24.0 Å². The number of aromatic nitrogens is 4. The van der Waals surface area contributed by atoms with Crippen molar-refractivity contribution in [3.05, 3.63) is 27.6 Å². The summed E-state index contributed by atoms with van der Waals surface area (Å²) < 4.78 is 9.38. The smallest absolute Gasteiger partial charge is 0.409 e. The first-order chi connectivity index (χ1) is 15.9. The molecule has 3 aromatic rings. The lowest BCUT2D eigenvalue weighted by Crippen LogP contribution is -2.50. The molecule has 1 aliphatic heterocycles. The molecule has 0 radical (unpaired) electrons. The average molecular weight is 475 g/mol. The maximum Gasteiger partial charge on any atom is 0.409 e. The summed E-state index contributed by atoms with van der Waals surface area (Å²) in [4.78, 5) is 40.9. The second kappa shape index (κ2) is 9.90. The third kappa shape index (κ3) is 4.73. The number of carbonyl (C=O) groups excluding carboxylic acids is 2. The Bertz CT molecular complexity index is 1200. The van der Waals surface area contributed by atoms with Crippen molar-refractivity contribution >= 4 is 39.3 Å². The Hall–Kier alpha value is -2.95. The molecule has 4 heterocycles. The standard InChI is InChI=1S/C22H30N6O4S/c1-4-32-22(31)26-11-9-25(10-12-26)18(29)7-5-6-17-23-24-21-27(14-15(2)3)20(30)19-16(28(17)21)8-13-33-19/h8,13,15H,4-7,9-12,14H2,1-3H3. The molecule has 0 N–H and O–H groups in total. The lowest BCUT2D eigenvalue weighted by molar-refractivity contribution is -0.132. The molecule has 0 aliphatic carbocycles. The predicted octanol–water partition coefficient (Wildman–Crippen LogP) is 2.39. The highest BCUT2D eigenvalue weighted by atomic mass is 32.1. The van der Waals surface area contributed by atoms with Gasteiger partial charge in [-0.15, -0.1) is 21.5 Å². The van der Waals surface area contributed by atoms with E-state index in [1.165, 1.54) is 11.3 Å². The number of hydrogen-bond acceptors (Lipinski definition) is 7. The van der Waals surface area contributed by atoms with Gasteiger partial charge in [-0.3, -0.25) is 18.6 Å². The Kier molecular flexibility index (Phi) is 6.96. The molecule has 3 aromatic heterocycles. The predicted molar refractivity (Wildman–Crippen MR) is 126 cm³/mol. The molecule has 1 saturated heterocycles. The quantitative estimate of drug-likeness (QED) is 0.521. The van der Waals surface area contributed by atoms with Crippen LogP contribution in [0.15, 0.2) is 16.2 Å². The van der Waals surface area contributed by atoms with Crippen LogP contribution in [-0.4, -0.2) is 73.8 Å². The van der Waals surface area contributed by atoms with E-state index >= 15 is 0 Å². The molecule has 11 heteroatoms. The largest absolute Gasteiger partial charge is 0.450 e. The zero-order chi connectivity index (χ0) is 23.5. The molecule has 0 atom stereocenters. The van der Waals surface area contributed by atoms with Crippen molar-refractivity contribution in [2.24, 2.45) is 5.92 Å². The number of aryl methyl sites for hydroxylation is 1. The molecule has 0 spiro atoms. The Morgan fingerprint density at radius 1 is 1.15 bits per heavy atom. The monoisotopic (exact) mass is 474 g/mol. The van der Waals surface area contributed by atoms with Crippen LogP contribution in [-0.2, 0) is 22.5 Å². The molecule has 1 fully saturated rings. The van der Waals surface area contributed by atoms with Crippen LogP contribution in [0.3, 0.4) is 0 Å². The highest BCUT2D eigenvalue weighted by Gasteiger charge is 2.25. The maximum atomic E-state index is 12.9. The van der Waals surface area contributed by atoms with Gasteiger partial charge in [-0.1, -0.05) is 13.8 Å². The van der Waals surface area contributed by atoms with Crippen molar-refractivity contribution in [2.45, 2.75) is 46.6 Å². The molecule has 4 rings (SSSR count). The molecule has 0 aromatic carbocycles. The maximum absolute atomic E-state index is 12.9. The first-order valence-electron chi connectivity index (χ1n) is 11.4. The van der Waals surface area contributed by atoms with Gasteiger partial charge < -0.3 is 14.5 Å². The summed E-state index contributed by atoms with van der Waals surface area (Å²) in [7, 11) is 0. The van der Waals surface area contributed by atoms with Crippen LogP contribution in [0.5, 0.6) is 0 Å². The van der Waals surface area contributed by atoms with Gasteiger partial charge in [-0.25, -0.2) is 4.79 Å². The van der Waals surface area contributed by atoms with E-state index in [0.29, 0.717) is 75.0 Å². The van der Waals surface area contributed by atoms with Gasteiger partial charge in [0.25, 0.3) is 5.56 Å². The van der Waals surface area contributed by atoms with E-state index in [1.807, 2.05) is 15.8 Å². The Balaban J connectivity index is 1.42. The molecule has 10 nitrogen and oxygen atoms in total. The van der Waals surface area contributed by atoms with Crippen LogP contribution in [0, 0.1) is 5.92 Å². The fraction of sp³-hybridized carbons (Fsp3) is 0.591. The zero-order valence-corrected chi connectivity index (χ0v) is 20.1. The highest BCUT2D eigenvalue weighted by molar-refractivity contribution is 7.17. The second-order valence-electron chi connectivity index (χ2n) is 8.62. The van der Waals surface area contributed by atoms with E-state index in [1.54, 1.807) is 21.3 Å². The normalized spacial score (nSPS) is 14.5. The van der Waals surface area contributed by atoms with Crippen LogP contribution in [0.4, 0.5) is 4.79 Å². The van der Waals surface area contributed by atoms with Crippen LogP contribution in [0.2, 0.25) is 0 Å². The molecule has 33 heavy (non-hydrogen) atoms. The third-order valence-electron chi connectivity index (χ3n) is 5.78. The Labute approximate surface area is 195 Å². The number of nitrogens with zero attached hydrogens (tertiary/aromatic N) is 6. The molecule has 2 amide bonds. The fourth-order valence-corrected chi connectivity index (χ4v) is 5.01. The van der Waals surface area contributed by atoms with Crippen LogP contribution >= 0.6 is 11.3 Å². The number of fused-ring (bicyclic) bond motifs is 3. The van der Waals surface area contributed by atoms with Gasteiger partial charge in [0.05, 0.1) is 12.1 Å². The fourth-order valence-electron chi connectivity index (χ4n) is 4.18. The van der Waals surface area contributed by atoms with Gasteiger partial charge in [0.15, 0.2) is 0 Å². The van der Waals surface area contributed by atoms with Gasteiger partial charge in [-0.2, -0.15) is 0 Å². The second-order valence-corrected chi connectivity index (χ2v) is 9.53. The number of carbonyl (C=O) groups is 2. The molecule has 0 bridgehead atoms. The van der Waals surface area contributed by atoms with Crippen molar-refractivity contribution < 1.29 is 14.3 Å². The number of rotatable bonds is 7. The van der Waals surface area contributed by atoms with E-state index in [9.17, 15) is 14.4 Å². The van der Waals surface area contributed by atoms with Crippen molar-refractivity contribution in [3.63, 3.8) is 0 Å². The van der Waals surface area contributed by atoms with Gasteiger partial charge >= 0.3 is 6.09 Å². The van der Waals surface area contributed by atoms with E-state index in [4.69, 9.17) is 4.74 Å². The van der Waals surface area contributed by atoms with Crippen molar-refractivity contribution in [1.82, 2.24) is 29.0 Å². The summed E-state index contributed by atoms with van der Waals surface area (Å²) in [5.41, 5.74) is 0.790. The molecular formula is C22H30N6O4S. The Morgan fingerprint density at radius 2 is 1.88 bits per heavy atom. The summed E-state index contributed by atoms with van der Waals surface area (Å²) in [6, 6.07) is 1.93. The van der Waals surface area contributed by atoms with Crippen LogP contribution < -0.4 is 5.56 Å². The molecule has 178 valence electrons. The first-order valence-corrected chi connectivity index (χ1v) is 12.3. The lowest BCUT2D eigenvalue weighted by atomic mass is 10.2. The summed E-state index contributed by atoms with van der Waals surface area (Å²) in [6.07, 6.45) is 1.29. The molecule has 0 saturated carbocycles. The van der Waals surface area contributed by atoms with Crippen molar-refractivity contribution in [3.8, 4) is 0 Å². The SMILES string of the molecule is CCOC(=O)N1CCN(C(=O)CCCc2nnc3n(CC(C)C)c(=O)c4sccc4n23)CC1. The minimum atomic E-state index is -0.320. The average Bonchev–Trinajstić information content (AvgIpc) is 3.44. The first kappa shape index (κ1) is 23.2. The van der Waals surface area contributed by atoms with Crippen LogP contribution in [0.1, 0.15) is 39.4 Å². The molecule has 0 unspecified atom stereocenters. The summed E-state index contributed by atoms with van der Waals surface area (Å²) in [6.45, 7) is 8.85. The third-order valence-corrected chi connectivity index (χ3v) is 6.67. The van der Waals surface area contributed by atoms with E-state index in [0.717, 1.165) is 11.3 Å². The zero-order valence-electron chi connectivity index (χ0n) is 19.3. The van der Waals surface area contributed by atoms with Gasteiger partial charge in [0, 0.05) is 45.6 Å². The number of hydrogen-bond donors (Lipinski definition) is 0. The molecular weight excluding hydrogens is 444 g/mol. The minimum Gasteiger partial charge on any atom is -0.450 e. The molecule has 1 aliphatic rings. The van der Waals surface area contributed by atoms with Gasteiger partial charge in [0.2, 0.25) is 11.7 Å². The van der Waals surface area contributed by atoms with Crippen molar-refractivity contribution in [2.75, 3.05) is 32.8 Å². The van der Waals surface area contributed by atoms with E-state index in [-0.39, 0.29) is 17.6 Å².